The minimum atomic E-state index is -1.17. The maximum Gasteiger partial charge on any atom is 0.350 e. The molecular formula is C12H17N3O6. The summed E-state index contributed by atoms with van der Waals surface area (Å²) >= 11 is 0. The number of hydrogen-bond donors (Lipinski definition) is 0. The molecular weight excluding hydrogens is 282 g/mol. The molecule has 0 aliphatic heterocycles. The molecule has 0 saturated carbocycles. The summed E-state index contributed by atoms with van der Waals surface area (Å²) in [6.45, 7) is 4.45. The molecule has 0 saturated heterocycles. The van der Waals surface area contributed by atoms with Crippen molar-refractivity contribution in [2.75, 3.05) is 7.11 Å². The molecule has 0 bridgehead atoms. The Morgan fingerprint density at radius 1 is 1.43 bits per heavy atom. The number of aryl methyl sites for hydroxylation is 1. The van der Waals surface area contributed by atoms with Crippen LogP contribution in [-0.4, -0.2) is 27.1 Å². The van der Waals surface area contributed by atoms with Gasteiger partial charge in [-0.2, -0.15) is 0 Å². The number of rotatable bonds is 5. The van der Waals surface area contributed by atoms with Gasteiger partial charge in [0, 0.05) is 13.1 Å². The number of carbonyl (C=O) groups is 1. The number of nitrogens with zero attached hydrogens (tertiary/aromatic N) is 3. The van der Waals surface area contributed by atoms with Gasteiger partial charge in [0.2, 0.25) is 0 Å². The summed E-state index contributed by atoms with van der Waals surface area (Å²) in [5.74, 6) is -0.622. The molecule has 9 heteroatoms. The van der Waals surface area contributed by atoms with Crippen LogP contribution in [0.5, 0.6) is 0 Å². The van der Waals surface area contributed by atoms with Crippen molar-refractivity contribution in [3.05, 3.63) is 37.1 Å². The van der Waals surface area contributed by atoms with E-state index < -0.39 is 33.2 Å². The second-order valence-electron chi connectivity index (χ2n) is 5.11. The fraction of sp³-hybridized carbons (Fsp3) is 0.583. The first-order valence-electron chi connectivity index (χ1n) is 6.22. The second-order valence-corrected chi connectivity index (χ2v) is 5.11. The van der Waals surface area contributed by atoms with Gasteiger partial charge >= 0.3 is 22.9 Å². The summed E-state index contributed by atoms with van der Waals surface area (Å²) in [4.78, 5) is 45.9. The van der Waals surface area contributed by atoms with Crippen LogP contribution in [0.2, 0.25) is 0 Å². The van der Waals surface area contributed by atoms with Crippen LogP contribution in [-0.2, 0) is 22.6 Å². The van der Waals surface area contributed by atoms with Gasteiger partial charge in [0.1, 0.15) is 0 Å². The Kier molecular flexibility index (Phi) is 4.66. The third-order valence-electron chi connectivity index (χ3n) is 3.05. The van der Waals surface area contributed by atoms with Gasteiger partial charge in [-0.3, -0.25) is 28.8 Å². The van der Waals surface area contributed by atoms with E-state index in [-0.39, 0.29) is 13.1 Å². The summed E-state index contributed by atoms with van der Waals surface area (Å²) in [6.07, 6.45) is 0.909. The molecule has 1 aromatic heterocycles. The number of aromatic nitrogens is 2. The highest BCUT2D eigenvalue weighted by atomic mass is 16.6. The maximum atomic E-state index is 12.1. The van der Waals surface area contributed by atoms with Crippen LogP contribution in [0.4, 0.5) is 5.69 Å². The molecule has 0 aliphatic rings. The van der Waals surface area contributed by atoms with Crippen LogP contribution < -0.4 is 11.2 Å². The zero-order chi connectivity index (χ0) is 16.4. The summed E-state index contributed by atoms with van der Waals surface area (Å²) in [6, 6.07) is 0. The first-order chi connectivity index (χ1) is 9.65. The average Bonchev–Trinajstić information content (AvgIpc) is 2.42. The lowest BCUT2D eigenvalue weighted by Gasteiger charge is -2.22. The maximum absolute atomic E-state index is 12.1. The normalized spacial score (nSPS) is 11.2. The van der Waals surface area contributed by atoms with Crippen molar-refractivity contribution >= 4 is 11.7 Å². The van der Waals surface area contributed by atoms with E-state index in [9.17, 15) is 24.5 Å². The summed E-state index contributed by atoms with van der Waals surface area (Å²) < 4.78 is 6.35. The van der Waals surface area contributed by atoms with Crippen molar-refractivity contribution in [2.24, 2.45) is 5.41 Å². The van der Waals surface area contributed by atoms with Crippen molar-refractivity contribution in [3.63, 3.8) is 0 Å². The van der Waals surface area contributed by atoms with E-state index in [1.165, 1.54) is 21.0 Å². The predicted molar refractivity (Wildman–Crippen MR) is 73.1 cm³/mol. The molecule has 0 atom stereocenters. The molecule has 1 rings (SSSR count). The minimum Gasteiger partial charge on any atom is -0.469 e. The van der Waals surface area contributed by atoms with E-state index in [0.29, 0.717) is 4.57 Å². The summed E-state index contributed by atoms with van der Waals surface area (Å²) in [5, 5.41) is 10.9. The topological polar surface area (TPSA) is 113 Å². The van der Waals surface area contributed by atoms with Gasteiger partial charge < -0.3 is 4.74 Å². The van der Waals surface area contributed by atoms with E-state index in [2.05, 4.69) is 4.74 Å². The molecule has 116 valence electrons. The van der Waals surface area contributed by atoms with Crippen molar-refractivity contribution in [2.45, 2.75) is 33.9 Å². The minimum absolute atomic E-state index is 0.165. The largest absolute Gasteiger partial charge is 0.469 e. The third-order valence-corrected chi connectivity index (χ3v) is 3.05. The highest BCUT2D eigenvalue weighted by Gasteiger charge is 2.32. The van der Waals surface area contributed by atoms with Crippen LogP contribution >= 0.6 is 0 Å². The Bertz CT molecular complexity index is 685. The van der Waals surface area contributed by atoms with Gasteiger partial charge in [0.25, 0.3) is 0 Å². The third kappa shape index (κ3) is 3.18. The Labute approximate surface area is 119 Å². The van der Waals surface area contributed by atoms with Crippen LogP contribution in [0.1, 0.15) is 20.8 Å². The monoisotopic (exact) mass is 299 g/mol. The molecule has 0 aliphatic carbocycles. The predicted octanol–water partition coefficient (Wildman–Crippen LogP) is 0.137. The Hall–Kier alpha value is -2.45. The van der Waals surface area contributed by atoms with Gasteiger partial charge in [0.15, 0.2) is 0 Å². The highest BCUT2D eigenvalue weighted by Crippen LogP contribution is 2.18. The van der Waals surface area contributed by atoms with Crippen molar-refractivity contribution in [1.29, 1.82) is 0 Å². The molecule has 0 N–H and O–H groups in total. The Morgan fingerprint density at radius 3 is 2.43 bits per heavy atom. The molecule has 0 amide bonds. The Balaban J connectivity index is 3.52. The Morgan fingerprint density at radius 2 is 2.00 bits per heavy atom. The number of ether oxygens (including phenoxy) is 1. The van der Waals surface area contributed by atoms with Crippen molar-refractivity contribution in [3.8, 4) is 0 Å². The van der Waals surface area contributed by atoms with Crippen LogP contribution in [0.15, 0.2) is 15.8 Å². The fourth-order valence-corrected chi connectivity index (χ4v) is 1.87. The molecule has 0 fully saturated rings. The van der Waals surface area contributed by atoms with E-state index in [4.69, 9.17) is 0 Å². The molecule has 9 nitrogen and oxygen atoms in total. The molecule has 0 aromatic carbocycles. The molecule has 0 unspecified atom stereocenters. The standard InChI is InChI=1S/C12H17N3O6/c1-5-13-6-8(15(19)20)9(16)14(11(13)18)7-12(2,3)10(17)21-4/h6H,5,7H2,1-4H3. The first kappa shape index (κ1) is 16.6. The van der Waals surface area contributed by atoms with E-state index in [1.54, 1.807) is 6.92 Å². The quantitative estimate of drug-likeness (QED) is 0.434. The lowest BCUT2D eigenvalue weighted by Crippen LogP contribution is -2.45. The number of carbonyl (C=O) groups excluding carboxylic acids is 1. The number of esters is 1. The lowest BCUT2D eigenvalue weighted by atomic mass is 9.93. The van der Waals surface area contributed by atoms with E-state index in [1.807, 2.05) is 0 Å². The van der Waals surface area contributed by atoms with Gasteiger partial charge in [-0.15, -0.1) is 0 Å². The van der Waals surface area contributed by atoms with Gasteiger partial charge in [-0.1, -0.05) is 0 Å². The second kappa shape index (κ2) is 5.90. The van der Waals surface area contributed by atoms with E-state index >= 15 is 0 Å². The lowest BCUT2D eigenvalue weighted by molar-refractivity contribution is -0.387. The molecule has 1 heterocycles. The smallest absolute Gasteiger partial charge is 0.350 e. The molecule has 0 radical (unpaired) electrons. The fourth-order valence-electron chi connectivity index (χ4n) is 1.87. The number of nitro groups is 1. The SMILES string of the molecule is CCn1cc([N+](=O)[O-])c(=O)n(CC(C)(C)C(=O)OC)c1=O. The van der Waals surface area contributed by atoms with Crippen LogP contribution in [0.3, 0.4) is 0 Å². The highest BCUT2D eigenvalue weighted by molar-refractivity contribution is 5.75. The number of methoxy groups -OCH3 is 1. The van der Waals surface area contributed by atoms with Gasteiger partial charge in [-0.05, 0) is 20.8 Å². The molecule has 21 heavy (non-hydrogen) atoms. The molecule has 0 spiro atoms. The van der Waals surface area contributed by atoms with Crippen molar-refractivity contribution in [1.82, 2.24) is 9.13 Å². The van der Waals surface area contributed by atoms with Crippen LogP contribution in [0.25, 0.3) is 0 Å². The number of hydrogen-bond acceptors (Lipinski definition) is 6. The van der Waals surface area contributed by atoms with Gasteiger partial charge in [-0.25, -0.2) is 4.79 Å². The van der Waals surface area contributed by atoms with Gasteiger partial charge in [0.05, 0.1) is 23.6 Å². The zero-order valence-corrected chi connectivity index (χ0v) is 12.3. The van der Waals surface area contributed by atoms with E-state index in [0.717, 1.165) is 10.8 Å². The van der Waals surface area contributed by atoms with Crippen LogP contribution in [0, 0.1) is 15.5 Å². The zero-order valence-electron chi connectivity index (χ0n) is 12.3. The van der Waals surface area contributed by atoms with Crippen molar-refractivity contribution < 1.29 is 14.5 Å². The summed E-state index contributed by atoms with van der Waals surface area (Å²) in [7, 11) is 1.19. The average molecular weight is 299 g/mol. The first-order valence-corrected chi connectivity index (χ1v) is 6.22. The summed E-state index contributed by atoms with van der Waals surface area (Å²) in [5.41, 5.74) is -3.62. The molecule has 1 aromatic rings.